The van der Waals surface area contributed by atoms with Crippen LogP contribution >= 0.6 is 0 Å². The van der Waals surface area contributed by atoms with E-state index in [1.54, 1.807) is 0 Å². The number of ether oxygens (including phenoxy) is 1. The van der Waals surface area contributed by atoms with Gasteiger partial charge in [-0.1, -0.05) is 0 Å². The molecule has 4 saturated carbocycles. The van der Waals surface area contributed by atoms with Gasteiger partial charge in [-0.2, -0.15) is 11.4 Å². The molecule has 0 heterocycles. The molecule has 4 aliphatic rings. The summed E-state index contributed by atoms with van der Waals surface area (Å²) in [6.45, 7) is 0.750. The monoisotopic (exact) mass is 587 g/mol. The minimum Gasteiger partial charge on any atom is -0.481 e. The number of amides is 1. The minimum atomic E-state index is -0.961. The third-order valence-electron chi connectivity index (χ3n) is 9.68. The molecule has 236 valence electrons. The molecule has 0 aromatic heterocycles. The number of hydrogen-bond acceptors (Lipinski definition) is 11. The Morgan fingerprint density at radius 3 is 2.05 bits per heavy atom. The zero-order chi connectivity index (χ0) is 29.2. The summed E-state index contributed by atoms with van der Waals surface area (Å²) in [5.41, 5.74) is 3.20. The van der Waals surface area contributed by atoms with Gasteiger partial charge in [0.15, 0.2) is 0 Å². The van der Waals surface area contributed by atoms with E-state index in [4.69, 9.17) is 25.6 Å². The van der Waals surface area contributed by atoms with E-state index in [0.29, 0.717) is 25.9 Å². The first-order valence-electron chi connectivity index (χ1n) is 15.4. The SMILES string of the molecule is NOOC1CCC(C(=O)O)C(C(=O)NC2CCC(OC3CCC(NOCC4CC(O)CCC4COO)CC3)CC2)C1. The zero-order valence-electron chi connectivity index (χ0n) is 23.9. The maximum Gasteiger partial charge on any atom is 0.307 e. The van der Waals surface area contributed by atoms with Crippen molar-refractivity contribution in [2.75, 3.05) is 13.2 Å². The second-order valence-corrected chi connectivity index (χ2v) is 12.5. The Hall–Kier alpha value is -1.42. The summed E-state index contributed by atoms with van der Waals surface area (Å²) < 4.78 is 6.43. The number of aliphatic carboxylic acids is 1. The lowest BCUT2D eigenvalue weighted by Crippen LogP contribution is -2.48. The molecule has 4 fully saturated rings. The van der Waals surface area contributed by atoms with Crippen molar-refractivity contribution >= 4 is 11.9 Å². The highest BCUT2D eigenvalue weighted by molar-refractivity contribution is 5.85. The summed E-state index contributed by atoms with van der Waals surface area (Å²) in [7, 11) is 0. The van der Waals surface area contributed by atoms with Crippen LogP contribution in [0.25, 0.3) is 0 Å². The van der Waals surface area contributed by atoms with Gasteiger partial charge in [0.25, 0.3) is 0 Å². The van der Waals surface area contributed by atoms with E-state index in [-0.39, 0.29) is 61.2 Å². The molecule has 13 heteroatoms. The first kappa shape index (κ1) is 32.5. The number of aliphatic hydroxyl groups is 1. The molecular weight excluding hydrogens is 538 g/mol. The van der Waals surface area contributed by atoms with Crippen molar-refractivity contribution in [2.24, 2.45) is 29.6 Å². The van der Waals surface area contributed by atoms with E-state index < -0.39 is 23.9 Å². The van der Waals surface area contributed by atoms with Crippen LogP contribution in [0.4, 0.5) is 0 Å². The summed E-state index contributed by atoms with van der Waals surface area (Å²) in [6, 6.07) is 0.271. The predicted molar refractivity (Wildman–Crippen MR) is 144 cm³/mol. The van der Waals surface area contributed by atoms with Crippen molar-refractivity contribution in [3.8, 4) is 0 Å². The van der Waals surface area contributed by atoms with E-state index in [2.05, 4.69) is 20.7 Å². The summed E-state index contributed by atoms with van der Waals surface area (Å²) in [6.07, 6.45) is 10.1. The number of hydrogen-bond donors (Lipinski definition) is 6. The Labute approximate surface area is 241 Å². The largest absolute Gasteiger partial charge is 0.481 e. The normalized spacial score (nSPS) is 38.3. The summed E-state index contributed by atoms with van der Waals surface area (Å²) in [4.78, 5) is 44.2. The van der Waals surface area contributed by atoms with Gasteiger partial charge in [-0.05, 0) is 102 Å². The fraction of sp³-hybridized carbons (Fsp3) is 0.929. The number of aliphatic hydroxyl groups excluding tert-OH is 1. The van der Waals surface area contributed by atoms with Crippen molar-refractivity contribution in [3.05, 3.63) is 0 Å². The second-order valence-electron chi connectivity index (χ2n) is 12.5. The fourth-order valence-electron chi connectivity index (χ4n) is 7.22. The second kappa shape index (κ2) is 16.4. The Kier molecular flexibility index (Phi) is 13.0. The molecule has 4 rings (SSSR count). The third kappa shape index (κ3) is 9.80. The van der Waals surface area contributed by atoms with Crippen LogP contribution in [0.3, 0.4) is 0 Å². The summed E-state index contributed by atoms with van der Waals surface area (Å²) >= 11 is 0. The van der Waals surface area contributed by atoms with Crippen LogP contribution in [0.5, 0.6) is 0 Å². The van der Waals surface area contributed by atoms with Crippen LogP contribution in [-0.4, -0.2) is 77.1 Å². The lowest BCUT2D eigenvalue weighted by atomic mass is 9.77. The van der Waals surface area contributed by atoms with Gasteiger partial charge < -0.3 is 25.1 Å². The van der Waals surface area contributed by atoms with Gasteiger partial charge in [0.1, 0.15) is 0 Å². The average Bonchev–Trinajstić information content (AvgIpc) is 2.96. The van der Waals surface area contributed by atoms with Crippen LogP contribution in [0.1, 0.15) is 89.9 Å². The number of rotatable bonds is 13. The molecule has 41 heavy (non-hydrogen) atoms. The topological polar surface area (TPSA) is 191 Å². The Balaban J connectivity index is 1.11. The van der Waals surface area contributed by atoms with E-state index in [9.17, 15) is 19.8 Å². The van der Waals surface area contributed by atoms with Crippen LogP contribution in [0, 0.1) is 23.7 Å². The van der Waals surface area contributed by atoms with Crippen molar-refractivity contribution in [3.63, 3.8) is 0 Å². The van der Waals surface area contributed by atoms with Crippen molar-refractivity contribution < 1.29 is 49.4 Å². The molecule has 6 unspecified atom stereocenters. The molecule has 7 N–H and O–H groups in total. The maximum absolute atomic E-state index is 13.0. The highest BCUT2D eigenvalue weighted by Crippen LogP contribution is 2.34. The maximum atomic E-state index is 13.0. The molecule has 0 saturated heterocycles. The van der Waals surface area contributed by atoms with Crippen LogP contribution in [0.2, 0.25) is 0 Å². The Morgan fingerprint density at radius 1 is 0.756 bits per heavy atom. The minimum absolute atomic E-state index is 0.00903. The number of hydroxylamine groups is 1. The van der Waals surface area contributed by atoms with E-state index >= 15 is 0 Å². The number of carbonyl (C=O) groups excluding carboxylic acids is 1. The highest BCUT2D eigenvalue weighted by atomic mass is 17.3. The van der Waals surface area contributed by atoms with Crippen molar-refractivity contribution in [2.45, 2.75) is 126 Å². The van der Waals surface area contributed by atoms with Crippen molar-refractivity contribution in [1.82, 2.24) is 10.8 Å². The van der Waals surface area contributed by atoms with Gasteiger partial charge in [-0.15, -0.1) is 4.99 Å². The van der Waals surface area contributed by atoms with Gasteiger partial charge >= 0.3 is 5.97 Å². The van der Waals surface area contributed by atoms with Gasteiger partial charge in [0.2, 0.25) is 5.91 Å². The lowest BCUT2D eigenvalue weighted by Gasteiger charge is -2.36. The number of nitrogens with one attached hydrogen (secondary N) is 2. The molecule has 1 amide bonds. The molecule has 0 aliphatic heterocycles. The molecule has 0 aromatic carbocycles. The number of carbonyl (C=O) groups is 2. The van der Waals surface area contributed by atoms with E-state index in [1.165, 1.54) is 0 Å². The number of nitrogens with two attached hydrogens (primary N) is 1. The Morgan fingerprint density at radius 2 is 1.41 bits per heavy atom. The Bertz CT molecular complexity index is 806. The quantitative estimate of drug-likeness (QED) is 0.136. The van der Waals surface area contributed by atoms with E-state index in [0.717, 1.165) is 64.2 Å². The fourth-order valence-corrected chi connectivity index (χ4v) is 7.22. The first-order chi connectivity index (χ1) is 19.9. The molecule has 0 radical (unpaired) electrons. The van der Waals surface area contributed by atoms with Crippen LogP contribution in [0.15, 0.2) is 0 Å². The molecule has 6 atom stereocenters. The molecule has 0 spiro atoms. The first-order valence-corrected chi connectivity index (χ1v) is 15.4. The van der Waals surface area contributed by atoms with Crippen LogP contribution in [-0.2, 0) is 33.9 Å². The third-order valence-corrected chi connectivity index (χ3v) is 9.68. The summed E-state index contributed by atoms with van der Waals surface area (Å²) in [5.74, 6) is 2.72. The summed E-state index contributed by atoms with van der Waals surface area (Å²) in [5, 5.41) is 31.5. The number of carboxylic acids is 1. The average molecular weight is 588 g/mol. The molecule has 13 nitrogen and oxygen atoms in total. The van der Waals surface area contributed by atoms with E-state index in [1.807, 2.05) is 0 Å². The molecule has 0 bridgehead atoms. The van der Waals surface area contributed by atoms with Crippen LogP contribution < -0.4 is 16.7 Å². The molecule has 0 aromatic rings. The molecular formula is C28H49N3O10. The van der Waals surface area contributed by atoms with Gasteiger partial charge in [-0.25, -0.2) is 9.78 Å². The standard InChI is InChI=1S/C28H49N3O10/c29-41-40-24-11-12-25(28(34)35)26(14-24)27(33)30-19-2-7-22(8-3-19)39-23-9-4-20(5-10-23)31-37-15-18-13-21(32)6-1-17(18)16-38-36/h17-26,31-32,36H,1-16,29H2,(H,30,33)(H,34,35). The van der Waals surface area contributed by atoms with Gasteiger partial charge in [-0.3, -0.25) is 14.8 Å². The number of carboxylic acid groups (broad SMARTS) is 1. The highest BCUT2D eigenvalue weighted by Gasteiger charge is 2.41. The van der Waals surface area contributed by atoms with Gasteiger partial charge in [0, 0.05) is 12.1 Å². The predicted octanol–water partition coefficient (Wildman–Crippen LogP) is 2.22. The zero-order valence-corrected chi connectivity index (χ0v) is 23.9. The lowest BCUT2D eigenvalue weighted by molar-refractivity contribution is -0.335. The smallest absolute Gasteiger partial charge is 0.307 e. The van der Waals surface area contributed by atoms with Gasteiger partial charge in [0.05, 0.1) is 49.5 Å². The van der Waals surface area contributed by atoms with Crippen molar-refractivity contribution in [1.29, 1.82) is 0 Å². The molecule has 4 aliphatic carbocycles.